The molecule has 2 atom stereocenters. The van der Waals surface area contributed by atoms with Gasteiger partial charge in [0.15, 0.2) is 5.82 Å². The van der Waals surface area contributed by atoms with Gasteiger partial charge in [0.05, 0.1) is 12.6 Å². The van der Waals surface area contributed by atoms with Gasteiger partial charge in [-0.1, -0.05) is 30.3 Å². The van der Waals surface area contributed by atoms with Gasteiger partial charge in [-0.2, -0.15) is 5.10 Å². The fourth-order valence-electron chi connectivity index (χ4n) is 2.31. The molecule has 4 nitrogen and oxygen atoms in total. The predicted octanol–water partition coefficient (Wildman–Crippen LogP) is 1.61. The maximum absolute atomic E-state index is 13.4. The van der Waals surface area contributed by atoms with Gasteiger partial charge in [0, 0.05) is 12.8 Å². The lowest BCUT2D eigenvalue weighted by Gasteiger charge is -2.21. The summed E-state index contributed by atoms with van der Waals surface area (Å²) in [6.45, 7) is 0.269. The largest absolute Gasteiger partial charge is 0.321 e. The van der Waals surface area contributed by atoms with E-state index in [0.29, 0.717) is 24.5 Å². The van der Waals surface area contributed by atoms with Crippen LogP contribution in [0.25, 0.3) is 0 Å². The van der Waals surface area contributed by atoms with Crippen LogP contribution >= 0.6 is 0 Å². The zero-order chi connectivity index (χ0) is 12.5. The Balaban J connectivity index is 1.85. The van der Waals surface area contributed by atoms with Crippen molar-refractivity contribution in [2.45, 2.75) is 31.6 Å². The molecular weight excluding hydrogens is 231 g/mol. The van der Waals surface area contributed by atoms with Crippen molar-refractivity contribution in [2.75, 3.05) is 0 Å². The van der Waals surface area contributed by atoms with Crippen LogP contribution in [0.5, 0.6) is 0 Å². The van der Waals surface area contributed by atoms with E-state index < -0.39 is 6.17 Å². The summed E-state index contributed by atoms with van der Waals surface area (Å²) in [7, 11) is 0. The average Bonchev–Trinajstić information content (AvgIpc) is 2.73. The molecule has 1 aliphatic heterocycles. The molecule has 0 saturated heterocycles. The van der Waals surface area contributed by atoms with E-state index >= 15 is 0 Å². The molecule has 0 spiro atoms. The third-order valence-electron chi connectivity index (χ3n) is 3.16. The van der Waals surface area contributed by atoms with E-state index in [2.05, 4.69) is 10.1 Å². The zero-order valence-corrected chi connectivity index (χ0v) is 9.96. The van der Waals surface area contributed by atoms with Crippen molar-refractivity contribution >= 4 is 0 Å². The van der Waals surface area contributed by atoms with Gasteiger partial charge < -0.3 is 5.73 Å². The van der Waals surface area contributed by atoms with Crippen LogP contribution in [0.3, 0.4) is 0 Å². The van der Waals surface area contributed by atoms with Crippen molar-refractivity contribution in [3.63, 3.8) is 0 Å². The summed E-state index contributed by atoms with van der Waals surface area (Å²) in [5, 5.41) is 4.33. The summed E-state index contributed by atoms with van der Waals surface area (Å²) >= 11 is 0. The molecule has 2 aromatic rings. The Labute approximate surface area is 105 Å². The number of benzene rings is 1. The summed E-state index contributed by atoms with van der Waals surface area (Å²) in [6, 6.07) is 9.64. The van der Waals surface area contributed by atoms with Gasteiger partial charge in [0.25, 0.3) is 0 Å². The number of nitrogens with zero attached hydrogens (tertiary/aromatic N) is 3. The topological polar surface area (TPSA) is 56.7 Å². The summed E-state index contributed by atoms with van der Waals surface area (Å²) in [5.41, 5.74) is 7.02. The lowest BCUT2D eigenvalue weighted by atomic mass is 10.1. The second-order valence-electron chi connectivity index (χ2n) is 4.67. The quantitative estimate of drug-likeness (QED) is 0.875. The fraction of sp³-hybridized carbons (Fsp3) is 0.385. The van der Waals surface area contributed by atoms with Crippen LogP contribution in [0, 0.1) is 0 Å². The Morgan fingerprint density at radius 1 is 1.33 bits per heavy atom. The second kappa shape index (κ2) is 4.49. The maximum Gasteiger partial charge on any atom is 0.155 e. The third kappa shape index (κ3) is 2.13. The molecule has 1 aromatic heterocycles. The van der Waals surface area contributed by atoms with Crippen LogP contribution in [0.15, 0.2) is 30.3 Å². The van der Waals surface area contributed by atoms with Crippen molar-refractivity contribution in [1.82, 2.24) is 14.8 Å². The Morgan fingerprint density at radius 3 is 2.89 bits per heavy atom. The minimum atomic E-state index is -0.918. The van der Waals surface area contributed by atoms with Gasteiger partial charge in [-0.05, 0) is 5.56 Å². The van der Waals surface area contributed by atoms with E-state index in [-0.39, 0.29) is 12.6 Å². The Bertz CT molecular complexity index is 537. The van der Waals surface area contributed by atoms with Crippen LogP contribution < -0.4 is 5.73 Å². The minimum absolute atomic E-state index is 0.269. The number of fused-ring (bicyclic) bond motifs is 1. The minimum Gasteiger partial charge on any atom is -0.321 e. The smallest absolute Gasteiger partial charge is 0.155 e. The molecule has 1 aromatic carbocycles. The van der Waals surface area contributed by atoms with Crippen molar-refractivity contribution in [3.05, 3.63) is 47.5 Å². The Morgan fingerprint density at radius 2 is 2.11 bits per heavy atom. The Hall–Kier alpha value is -1.75. The molecule has 2 unspecified atom stereocenters. The van der Waals surface area contributed by atoms with E-state index in [1.165, 1.54) is 0 Å². The first kappa shape index (κ1) is 11.3. The Kier molecular flexibility index (Phi) is 2.83. The molecule has 0 bridgehead atoms. The first-order chi connectivity index (χ1) is 8.72. The van der Waals surface area contributed by atoms with Crippen LogP contribution in [-0.4, -0.2) is 20.9 Å². The van der Waals surface area contributed by atoms with Crippen molar-refractivity contribution in [3.8, 4) is 0 Å². The van der Waals surface area contributed by atoms with Gasteiger partial charge >= 0.3 is 0 Å². The predicted molar refractivity (Wildman–Crippen MR) is 65.7 cm³/mol. The van der Waals surface area contributed by atoms with Gasteiger partial charge in [-0.15, -0.1) is 0 Å². The third-order valence-corrected chi connectivity index (χ3v) is 3.16. The summed E-state index contributed by atoms with van der Waals surface area (Å²) < 4.78 is 15.0. The normalized spacial score (nSPS) is 22.8. The highest BCUT2D eigenvalue weighted by atomic mass is 19.1. The highest BCUT2D eigenvalue weighted by Crippen LogP contribution is 2.23. The van der Waals surface area contributed by atoms with Crippen LogP contribution in [0.4, 0.5) is 4.39 Å². The number of nitrogens with two attached hydrogens (primary N) is 1. The molecular formula is C13H15FN4. The van der Waals surface area contributed by atoms with Gasteiger partial charge in [0.2, 0.25) is 0 Å². The zero-order valence-electron chi connectivity index (χ0n) is 9.96. The van der Waals surface area contributed by atoms with Crippen molar-refractivity contribution in [2.24, 2.45) is 5.73 Å². The van der Waals surface area contributed by atoms with Crippen LogP contribution in [0.1, 0.15) is 29.7 Å². The molecule has 1 aliphatic rings. The van der Waals surface area contributed by atoms with E-state index in [9.17, 15) is 4.39 Å². The molecule has 0 saturated carbocycles. The fourth-order valence-corrected chi connectivity index (χ4v) is 2.31. The average molecular weight is 246 g/mol. The highest BCUT2D eigenvalue weighted by molar-refractivity contribution is 5.19. The van der Waals surface area contributed by atoms with E-state index in [1.54, 1.807) is 4.68 Å². The first-order valence-electron chi connectivity index (χ1n) is 6.09. The van der Waals surface area contributed by atoms with Crippen molar-refractivity contribution < 1.29 is 4.39 Å². The summed E-state index contributed by atoms with van der Waals surface area (Å²) in [5.74, 6) is 1.41. The number of aromatic nitrogens is 3. The highest BCUT2D eigenvalue weighted by Gasteiger charge is 2.27. The molecule has 0 amide bonds. The van der Waals surface area contributed by atoms with E-state index in [0.717, 1.165) is 5.56 Å². The number of hydrogen-bond donors (Lipinski definition) is 1. The van der Waals surface area contributed by atoms with E-state index in [1.807, 2.05) is 30.3 Å². The molecule has 18 heavy (non-hydrogen) atoms. The van der Waals surface area contributed by atoms with E-state index in [4.69, 9.17) is 5.73 Å². The molecule has 5 heteroatoms. The lowest BCUT2D eigenvalue weighted by molar-refractivity contribution is 0.219. The van der Waals surface area contributed by atoms with Crippen molar-refractivity contribution in [1.29, 1.82) is 0 Å². The molecule has 0 aliphatic carbocycles. The van der Waals surface area contributed by atoms with Crippen LogP contribution in [0.2, 0.25) is 0 Å². The van der Waals surface area contributed by atoms with Gasteiger partial charge in [-0.3, -0.25) is 0 Å². The van der Waals surface area contributed by atoms with Gasteiger partial charge in [0.1, 0.15) is 12.0 Å². The SMILES string of the molecule is NC1CC(F)Cn2nc(Cc3ccccc3)nc21. The maximum atomic E-state index is 13.4. The molecule has 94 valence electrons. The first-order valence-corrected chi connectivity index (χ1v) is 6.09. The molecule has 0 fully saturated rings. The number of hydrogen-bond acceptors (Lipinski definition) is 3. The summed E-state index contributed by atoms with van der Waals surface area (Å²) in [4.78, 5) is 4.42. The molecule has 3 rings (SSSR count). The molecule has 0 radical (unpaired) electrons. The standard InChI is InChI=1S/C13H15FN4/c14-10-7-11(15)13-16-12(17-18(13)8-10)6-9-4-2-1-3-5-9/h1-5,10-11H,6-8,15H2. The van der Waals surface area contributed by atoms with Gasteiger partial charge in [-0.25, -0.2) is 14.1 Å². The number of rotatable bonds is 2. The number of alkyl halides is 1. The lowest BCUT2D eigenvalue weighted by Crippen LogP contribution is -2.30. The summed E-state index contributed by atoms with van der Waals surface area (Å²) in [6.07, 6.45) is 0.0762. The molecule has 2 N–H and O–H groups in total. The monoisotopic (exact) mass is 246 g/mol. The second-order valence-corrected chi connectivity index (χ2v) is 4.67. The van der Waals surface area contributed by atoms with Crippen LogP contribution in [-0.2, 0) is 13.0 Å². The molecule has 2 heterocycles. The number of halogens is 1.